The molecule has 1 saturated heterocycles. The molecule has 10 nitrogen and oxygen atoms in total. The Morgan fingerprint density at radius 3 is 2.48 bits per heavy atom. The lowest BCUT2D eigenvalue weighted by Crippen LogP contribution is -2.66. The van der Waals surface area contributed by atoms with E-state index >= 15 is 0 Å². The molecule has 2 aromatic carbocycles. The number of carbonyl (C=O) groups excluding carboxylic acids is 2. The molecule has 40 heavy (non-hydrogen) atoms. The van der Waals surface area contributed by atoms with E-state index < -0.39 is 43.6 Å². The topological polar surface area (TPSA) is 142 Å². The summed E-state index contributed by atoms with van der Waals surface area (Å²) in [5.41, 5.74) is 0.864. The smallest absolute Gasteiger partial charge is 0.286 e. The summed E-state index contributed by atoms with van der Waals surface area (Å²) in [6.45, 7) is 0.182. The Morgan fingerprint density at radius 1 is 1.05 bits per heavy atom. The van der Waals surface area contributed by atoms with E-state index in [1.54, 1.807) is 17.0 Å². The number of likely N-dealkylation sites (tertiary alicyclic amines) is 1. The summed E-state index contributed by atoms with van der Waals surface area (Å²) in [4.78, 5) is 29.7. The Bertz CT molecular complexity index is 1710. The van der Waals surface area contributed by atoms with Crippen molar-refractivity contribution in [2.45, 2.75) is 36.7 Å². The number of sulfonamides is 2. The number of Topliss-reactive ketones (excluding diaryl/α,β-unsaturated/α-hetero) is 1. The highest BCUT2D eigenvalue weighted by atomic mass is 32.2. The molecule has 4 aliphatic carbocycles. The number of rotatable bonds is 5. The van der Waals surface area contributed by atoms with Crippen molar-refractivity contribution in [1.82, 2.24) is 4.90 Å². The second kappa shape index (κ2) is 8.59. The fraction of sp³-hybridized carbons (Fsp3) is 0.444. The summed E-state index contributed by atoms with van der Waals surface area (Å²) in [5, 5.41) is 2.90. The third-order valence-electron chi connectivity index (χ3n) is 9.18. The van der Waals surface area contributed by atoms with Crippen molar-refractivity contribution in [3.05, 3.63) is 53.8 Å². The first-order chi connectivity index (χ1) is 18.9. The molecule has 2 aromatic rings. The lowest BCUT2D eigenvalue weighted by molar-refractivity contribution is -0.163. The summed E-state index contributed by atoms with van der Waals surface area (Å²) in [7, 11) is -8.01. The first-order valence-corrected chi connectivity index (χ1v) is 16.6. The van der Waals surface area contributed by atoms with Crippen LogP contribution in [0.5, 0.6) is 0 Å². The minimum absolute atomic E-state index is 0.0422. The molecule has 2 N–H and O–H groups in total. The van der Waals surface area contributed by atoms with Gasteiger partial charge in [0.15, 0.2) is 11.7 Å². The van der Waals surface area contributed by atoms with Gasteiger partial charge in [-0.2, -0.15) is 8.42 Å². The Morgan fingerprint density at radius 2 is 1.75 bits per heavy atom. The van der Waals surface area contributed by atoms with Gasteiger partial charge in [-0.05, 0) is 78.8 Å². The Hall–Kier alpha value is -3.32. The van der Waals surface area contributed by atoms with Crippen LogP contribution in [-0.4, -0.2) is 51.6 Å². The molecule has 4 saturated carbocycles. The van der Waals surface area contributed by atoms with E-state index in [1.165, 1.54) is 24.3 Å². The average molecular weight is 587 g/mol. The van der Waals surface area contributed by atoms with Crippen LogP contribution >= 0.6 is 0 Å². The van der Waals surface area contributed by atoms with Gasteiger partial charge in [0.2, 0.25) is 15.9 Å². The van der Waals surface area contributed by atoms with E-state index in [9.17, 15) is 30.8 Å². The molecule has 0 spiro atoms. The largest absolute Gasteiger partial charge is 0.341 e. The SMILES string of the molecule is CS(=O)(=O)Nc1ccc2c(c1)S(=O)(=O)N=C(C1C(=O)[C@H]3[C@H]4CC[C@H]([C@@H]5C[C@@H]54)[C@H]3N(Cc3ccc(F)cc3)C1=O)N2. The van der Waals surface area contributed by atoms with Gasteiger partial charge in [0.25, 0.3) is 10.0 Å². The van der Waals surface area contributed by atoms with Crippen LogP contribution in [0.4, 0.5) is 15.8 Å². The maximum absolute atomic E-state index is 14.1. The molecule has 5 fully saturated rings. The highest BCUT2D eigenvalue weighted by Crippen LogP contribution is 2.66. The summed E-state index contributed by atoms with van der Waals surface area (Å²) in [6.07, 6.45) is 3.84. The van der Waals surface area contributed by atoms with Gasteiger partial charge in [-0.1, -0.05) is 12.1 Å². The standard InChI is InChI=1S/C27H27FN4O6S2/c1-39(35,36)30-15-6-9-20-21(10-15)40(37,38)31-26(29-20)23-25(33)22-16-7-8-17(19-11-18(16)19)24(22)32(27(23)34)12-13-2-4-14(28)5-3-13/h2-6,9-10,16-19,22-24,30H,7-8,11-12H2,1H3,(H,29,31)/t16-,17+,18+,19-,22-,23?,24+/m0/s1. The quantitative estimate of drug-likeness (QED) is 0.513. The van der Waals surface area contributed by atoms with E-state index in [1.807, 2.05) is 0 Å². The Labute approximate surface area is 231 Å². The molecule has 8 rings (SSSR count). The predicted octanol–water partition coefficient (Wildman–Crippen LogP) is 2.60. The summed E-state index contributed by atoms with van der Waals surface area (Å²) in [6, 6.07) is 9.53. The highest BCUT2D eigenvalue weighted by Gasteiger charge is 2.67. The molecule has 210 valence electrons. The van der Waals surface area contributed by atoms with Crippen LogP contribution in [0.15, 0.2) is 51.8 Å². The molecule has 6 aliphatic rings. The van der Waals surface area contributed by atoms with E-state index in [0.29, 0.717) is 11.8 Å². The fourth-order valence-corrected chi connectivity index (χ4v) is 9.39. The third-order valence-corrected chi connectivity index (χ3v) is 11.1. The normalized spacial score (nSPS) is 33.3. The van der Waals surface area contributed by atoms with Crippen LogP contribution in [0.3, 0.4) is 0 Å². The number of carbonyl (C=O) groups is 2. The monoisotopic (exact) mass is 586 g/mol. The number of nitrogens with one attached hydrogen (secondary N) is 2. The first-order valence-electron chi connectivity index (χ1n) is 13.2. The van der Waals surface area contributed by atoms with Crippen LogP contribution in [0.1, 0.15) is 24.8 Å². The number of amidine groups is 1. The number of halogens is 1. The molecule has 0 aromatic heterocycles. The van der Waals surface area contributed by atoms with Crippen LogP contribution in [0.2, 0.25) is 0 Å². The van der Waals surface area contributed by atoms with Gasteiger partial charge in [0, 0.05) is 24.2 Å². The van der Waals surface area contributed by atoms with Crippen molar-refractivity contribution in [3.63, 3.8) is 0 Å². The Kier molecular flexibility index (Phi) is 5.51. The van der Waals surface area contributed by atoms with E-state index in [4.69, 9.17) is 0 Å². The fourth-order valence-electron chi connectivity index (χ4n) is 7.66. The minimum atomic E-state index is -4.36. The number of fused-ring (bicyclic) bond motifs is 2. The van der Waals surface area contributed by atoms with Crippen LogP contribution < -0.4 is 10.0 Å². The Balaban J connectivity index is 1.27. The highest BCUT2D eigenvalue weighted by molar-refractivity contribution is 7.92. The van der Waals surface area contributed by atoms with E-state index in [-0.39, 0.29) is 52.3 Å². The predicted molar refractivity (Wildman–Crippen MR) is 144 cm³/mol. The molecule has 7 atom stereocenters. The van der Waals surface area contributed by atoms with Gasteiger partial charge in [0.05, 0.1) is 11.9 Å². The van der Waals surface area contributed by atoms with E-state index in [2.05, 4.69) is 14.4 Å². The van der Waals surface area contributed by atoms with Crippen molar-refractivity contribution in [1.29, 1.82) is 0 Å². The van der Waals surface area contributed by atoms with Gasteiger partial charge >= 0.3 is 0 Å². The van der Waals surface area contributed by atoms with E-state index in [0.717, 1.165) is 37.1 Å². The maximum atomic E-state index is 14.1. The lowest BCUT2D eigenvalue weighted by Gasteiger charge is -2.55. The number of anilines is 2. The number of nitrogens with zero attached hydrogens (tertiary/aromatic N) is 2. The molecule has 13 heteroatoms. The summed E-state index contributed by atoms with van der Waals surface area (Å²) >= 11 is 0. The number of hydrogen-bond donors (Lipinski definition) is 2. The van der Waals surface area contributed by atoms with Crippen molar-refractivity contribution in [3.8, 4) is 0 Å². The van der Waals surface area contributed by atoms with Crippen molar-refractivity contribution < 1.29 is 30.8 Å². The first kappa shape index (κ1) is 25.6. The number of hydrogen-bond acceptors (Lipinski definition) is 7. The number of ketones is 1. The zero-order valence-electron chi connectivity index (χ0n) is 21.4. The molecule has 1 amide bonds. The molecule has 2 heterocycles. The summed E-state index contributed by atoms with van der Waals surface area (Å²) < 4.78 is 69.5. The molecule has 1 unspecified atom stereocenters. The maximum Gasteiger partial charge on any atom is 0.286 e. The zero-order valence-corrected chi connectivity index (χ0v) is 23.1. The van der Waals surface area contributed by atoms with Crippen LogP contribution in [0.25, 0.3) is 0 Å². The van der Waals surface area contributed by atoms with Gasteiger partial charge in [-0.25, -0.2) is 12.8 Å². The minimum Gasteiger partial charge on any atom is -0.341 e. The number of amides is 1. The van der Waals surface area contributed by atoms with Crippen molar-refractivity contribution in [2.24, 2.45) is 39.9 Å². The van der Waals surface area contributed by atoms with Gasteiger partial charge in [-0.3, -0.25) is 14.3 Å². The molecule has 0 radical (unpaired) electrons. The third kappa shape index (κ3) is 4.04. The zero-order chi connectivity index (χ0) is 28.1. The molecular weight excluding hydrogens is 559 g/mol. The van der Waals surface area contributed by atoms with Crippen molar-refractivity contribution >= 4 is 48.9 Å². The second-order valence-corrected chi connectivity index (χ2v) is 14.9. The lowest BCUT2D eigenvalue weighted by atomic mass is 9.57. The van der Waals surface area contributed by atoms with Gasteiger partial charge < -0.3 is 10.2 Å². The molecular formula is C27H27FN4O6S2. The van der Waals surface area contributed by atoms with Crippen LogP contribution in [0, 0.1) is 41.3 Å². The average Bonchev–Trinajstić information content (AvgIpc) is 3.70. The second-order valence-electron chi connectivity index (χ2n) is 11.6. The summed E-state index contributed by atoms with van der Waals surface area (Å²) in [5.74, 6) is -1.99. The molecule has 2 bridgehead atoms. The van der Waals surface area contributed by atoms with Gasteiger partial charge in [0.1, 0.15) is 16.5 Å². The number of piperidine rings is 1. The molecule has 2 aliphatic heterocycles. The van der Waals surface area contributed by atoms with Gasteiger partial charge in [-0.15, -0.1) is 4.40 Å². The van der Waals surface area contributed by atoms with Crippen molar-refractivity contribution in [2.75, 3.05) is 16.3 Å². The van der Waals surface area contributed by atoms with Crippen LogP contribution in [-0.2, 0) is 36.2 Å². The number of benzene rings is 2.